The molecule has 0 saturated carbocycles. The van der Waals surface area contributed by atoms with Crippen LogP contribution < -0.4 is 5.32 Å². The molecule has 1 aromatic carbocycles. The number of hydrogen-bond donors (Lipinski definition) is 1. The Morgan fingerprint density at radius 1 is 1.09 bits per heavy atom. The lowest BCUT2D eigenvalue weighted by atomic mass is 10.2. The largest absolute Gasteiger partial charge is 0.298 e. The summed E-state index contributed by atoms with van der Waals surface area (Å²) in [5.41, 5.74) is 3.75. The third-order valence-corrected chi connectivity index (χ3v) is 5.72. The van der Waals surface area contributed by atoms with E-state index in [1.807, 2.05) is 25.1 Å². The van der Waals surface area contributed by atoms with E-state index in [2.05, 4.69) is 28.3 Å². The van der Waals surface area contributed by atoms with Gasteiger partial charge in [-0.05, 0) is 37.6 Å². The zero-order valence-electron chi connectivity index (χ0n) is 12.6. The minimum Gasteiger partial charge on any atom is -0.298 e. The minimum atomic E-state index is -0.137. The first kappa shape index (κ1) is 14.3. The smallest absolute Gasteiger partial charge is 0.257 e. The van der Waals surface area contributed by atoms with Crippen LogP contribution in [0.25, 0.3) is 19.7 Å². The monoisotopic (exact) mass is 339 g/mol. The second kappa shape index (κ2) is 5.40. The molecule has 0 aliphatic rings. The van der Waals surface area contributed by atoms with Crippen LogP contribution in [0.3, 0.4) is 0 Å². The van der Waals surface area contributed by atoms with Crippen molar-refractivity contribution in [3.8, 4) is 0 Å². The zero-order chi connectivity index (χ0) is 16.0. The van der Waals surface area contributed by atoms with Crippen LogP contribution in [0.15, 0.2) is 36.4 Å². The number of rotatable bonds is 2. The minimum absolute atomic E-state index is 0.137. The van der Waals surface area contributed by atoms with Gasteiger partial charge in [-0.25, -0.2) is 9.97 Å². The van der Waals surface area contributed by atoms with Crippen molar-refractivity contribution < 1.29 is 4.79 Å². The molecule has 23 heavy (non-hydrogen) atoms. The molecule has 0 bridgehead atoms. The van der Waals surface area contributed by atoms with E-state index >= 15 is 0 Å². The summed E-state index contributed by atoms with van der Waals surface area (Å²) in [5.74, 6) is -0.137. The van der Waals surface area contributed by atoms with Gasteiger partial charge in [0.05, 0.1) is 0 Å². The Hall–Kier alpha value is -2.31. The molecule has 0 radical (unpaired) electrons. The Morgan fingerprint density at radius 3 is 2.65 bits per heavy atom. The van der Waals surface area contributed by atoms with Crippen molar-refractivity contribution >= 4 is 53.5 Å². The molecule has 4 rings (SSSR count). The highest BCUT2D eigenvalue weighted by Crippen LogP contribution is 2.39. The van der Waals surface area contributed by atoms with E-state index in [0.29, 0.717) is 10.7 Å². The Labute approximate surface area is 140 Å². The van der Waals surface area contributed by atoms with Crippen LogP contribution in [0, 0.1) is 13.8 Å². The van der Waals surface area contributed by atoms with Crippen LogP contribution in [0.4, 0.5) is 5.13 Å². The van der Waals surface area contributed by atoms with Crippen molar-refractivity contribution in [3.63, 3.8) is 0 Å². The average molecular weight is 339 g/mol. The van der Waals surface area contributed by atoms with Gasteiger partial charge in [0.2, 0.25) is 0 Å². The number of amides is 1. The molecule has 0 saturated heterocycles. The van der Waals surface area contributed by atoms with Crippen LogP contribution in [-0.4, -0.2) is 15.9 Å². The van der Waals surface area contributed by atoms with Gasteiger partial charge >= 0.3 is 0 Å². The van der Waals surface area contributed by atoms with E-state index < -0.39 is 0 Å². The van der Waals surface area contributed by atoms with E-state index in [1.165, 1.54) is 16.9 Å². The highest BCUT2D eigenvalue weighted by Gasteiger charge is 2.16. The summed E-state index contributed by atoms with van der Waals surface area (Å²) < 4.78 is 1.09. The molecule has 0 aliphatic carbocycles. The second-order valence-corrected chi connectivity index (χ2v) is 7.59. The molecule has 0 atom stereocenters. The van der Waals surface area contributed by atoms with E-state index in [-0.39, 0.29) is 5.91 Å². The lowest BCUT2D eigenvalue weighted by molar-refractivity contribution is 0.102. The van der Waals surface area contributed by atoms with Crippen LogP contribution in [0.2, 0.25) is 0 Å². The van der Waals surface area contributed by atoms with Gasteiger partial charge in [0.1, 0.15) is 14.4 Å². The number of nitrogens with zero attached hydrogens (tertiary/aromatic N) is 2. The maximum Gasteiger partial charge on any atom is 0.257 e. The van der Waals surface area contributed by atoms with Gasteiger partial charge in [0.15, 0.2) is 5.13 Å². The van der Waals surface area contributed by atoms with E-state index in [1.54, 1.807) is 23.5 Å². The number of fused-ring (bicyclic) bond motifs is 3. The fraction of sp³-hybridized carbons (Fsp3) is 0.118. The third kappa shape index (κ3) is 2.50. The zero-order valence-corrected chi connectivity index (χ0v) is 14.2. The summed E-state index contributed by atoms with van der Waals surface area (Å²) >= 11 is 3.12. The number of aromatic nitrogens is 2. The first-order valence-corrected chi connectivity index (χ1v) is 8.79. The number of pyridine rings is 1. The number of thiazole rings is 1. The molecule has 0 fully saturated rings. The number of nitrogens with one attached hydrogen (secondary N) is 1. The van der Waals surface area contributed by atoms with Gasteiger partial charge in [-0.2, -0.15) is 0 Å². The van der Waals surface area contributed by atoms with Crippen molar-refractivity contribution in [2.45, 2.75) is 13.8 Å². The summed E-state index contributed by atoms with van der Waals surface area (Å²) in [6.45, 7) is 4.07. The Kier molecular flexibility index (Phi) is 3.36. The topological polar surface area (TPSA) is 54.9 Å². The van der Waals surface area contributed by atoms with Crippen LogP contribution >= 0.6 is 22.7 Å². The summed E-state index contributed by atoms with van der Waals surface area (Å²) in [6, 6.07) is 11.2. The normalized spacial score (nSPS) is 11.2. The first-order valence-electron chi connectivity index (χ1n) is 7.15. The van der Waals surface area contributed by atoms with Gasteiger partial charge in [-0.1, -0.05) is 29.5 Å². The number of carbonyl (C=O) groups excluding carboxylic acids is 1. The number of benzene rings is 1. The third-order valence-electron chi connectivity index (χ3n) is 3.59. The molecule has 1 N–H and O–H groups in total. The number of hydrogen-bond acceptors (Lipinski definition) is 5. The molecule has 114 valence electrons. The molecular weight excluding hydrogens is 326 g/mol. The quantitative estimate of drug-likeness (QED) is 0.572. The lowest BCUT2D eigenvalue weighted by Crippen LogP contribution is -2.11. The Bertz CT molecular complexity index is 1030. The SMILES string of the molecule is Cc1cc(C)c2c(n1)sc1sc(NC(=O)c3ccccc3)nc12. The highest BCUT2D eigenvalue weighted by molar-refractivity contribution is 7.42. The van der Waals surface area contributed by atoms with Crippen LogP contribution in [0.1, 0.15) is 21.6 Å². The van der Waals surface area contributed by atoms with Crippen LogP contribution in [0.5, 0.6) is 0 Å². The van der Waals surface area contributed by atoms with E-state index in [4.69, 9.17) is 0 Å². The number of anilines is 1. The lowest BCUT2D eigenvalue weighted by Gasteiger charge is -2.01. The molecule has 4 aromatic rings. The summed E-state index contributed by atoms with van der Waals surface area (Å²) in [5, 5.41) is 4.60. The molecular formula is C17H13N3OS2. The molecule has 3 aromatic heterocycles. The van der Waals surface area contributed by atoms with Crippen molar-refractivity contribution in [2.24, 2.45) is 0 Å². The van der Waals surface area contributed by atoms with Crippen molar-refractivity contribution in [3.05, 3.63) is 53.2 Å². The summed E-state index contributed by atoms with van der Waals surface area (Å²) in [4.78, 5) is 22.4. The first-order chi connectivity index (χ1) is 11.1. The number of thiophene rings is 1. The molecule has 4 nitrogen and oxygen atoms in total. The predicted molar refractivity (Wildman–Crippen MR) is 96.7 cm³/mol. The Balaban J connectivity index is 1.74. The number of carbonyl (C=O) groups is 1. The molecule has 3 heterocycles. The maximum atomic E-state index is 12.2. The molecule has 0 unspecified atom stereocenters. The predicted octanol–water partition coefficient (Wildman–Crippen LogP) is 4.78. The summed E-state index contributed by atoms with van der Waals surface area (Å²) in [6.07, 6.45) is 0. The van der Waals surface area contributed by atoms with Crippen molar-refractivity contribution in [1.82, 2.24) is 9.97 Å². The van der Waals surface area contributed by atoms with Gasteiger partial charge in [0, 0.05) is 16.6 Å². The maximum absolute atomic E-state index is 12.2. The van der Waals surface area contributed by atoms with Crippen LogP contribution in [-0.2, 0) is 0 Å². The average Bonchev–Trinajstić information content (AvgIpc) is 3.04. The van der Waals surface area contributed by atoms with E-state index in [9.17, 15) is 4.79 Å². The summed E-state index contributed by atoms with van der Waals surface area (Å²) in [7, 11) is 0. The van der Waals surface area contributed by atoms with Gasteiger partial charge in [-0.15, -0.1) is 11.3 Å². The fourth-order valence-corrected chi connectivity index (χ4v) is 4.91. The Morgan fingerprint density at radius 2 is 1.87 bits per heavy atom. The number of aryl methyl sites for hydroxylation is 2. The standard InChI is InChI=1S/C17H13N3OS2/c1-9-8-10(2)18-15-12(9)13-16(22-15)23-17(19-13)20-14(21)11-6-4-3-5-7-11/h3-8H,1-2H3,(H,19,20,21). The van der Waals surface area contributed by atoms with Crippen molar-refractivity contribution in [2.75, 3.05) is 5.32 Å². The van der Waals surface area contributed by atoms with E-state index in [0.717, 1.165) is 25.4 Å². The second-order valence-electron chi connectivity index (χ2n) is 5.34. The van der Waals surface area contributed by atoms with Crippen molar-refractivity contribution in [1.29, 1.82) is 0 Å². The molecule has 6 heteroatoms. The molecule has 1 amide bonds. The van der Waals surface area contributed by atoms with Gasteiger partial charge in [0.25, 0.3) is 5.91 Å². The van der Waals surface area contributed by atoms with Gasteiger partial charge < -0.3 is 0 Å². The highest BCUT2D eigenvalue weighted by atomic mass is 32.2. The van der Waals surface area contributed by atoms with Gasteiger partial charge in [-0.3, -0.25) is 10.1 Å². The fourth-order valence-electron chi connectivity index (χ4n) is 2.60. The molecule has 0 spiro atoms. The molecule has 0 aliphatic heterocycles.